The molecule has 0 aromatic carbocycles. The molecule has 0 saturated carbocycles. The van der Waals surface area contributed by atoms with Crippen LogP contribution in [0.4, 0.5) is 0 Å². The highest BCUT2D eigenvalue weighted by Crippen LogP contribution is 2.21. The van der Waals surface area contributed by atoms with Crippen LogP contribution in [-0.2, 0) is 20.7 Å². The van der Waals surface area contributed by atoms with Crippen LogP contribution in [0.25, 0.3) is 0 Å². The summed E-state index contributed by atoms with van der Waals surface area (Å²) in [5.74, 6) is 0.264. The standard InChI is InChI=1S/C18H27N3O3S/c1-13-16(25-12-20-13)5-2-8-19-17(22)14-6-9-21(10-7-14)18(23)15-4-3-11-24-15/h12,14-15H,2-11H2,1H3,(H,19,22)/t15-/m0/s1. The average Bonchev–Trinajstić information content (AvgIpc) is 3.30. The highest BCUT2D eigenvalue weighted by Gasteiger charge is 2.32. The number of aromatic nitrogens is 1. The van der Waals surface area contributed by atoms with Crippen molar-refractivity contribution in [3.8, 4) is 0 Å². The number of hydrogen-bond acceptors (Lipinski definition) is 5. The fourth-order valence-electron chi connectivity index (χ4n) is 3.51. The molecule has 0 spiro atoms. The van der Waals surface area contributed by atoms with E-state index in [4.69, 9.17) is 4.74 Å². The van der Waals surface area contributed by atoms with E-state index in [9.17, 15) is 9.59 Å². The minimum Gasteiger partial charge on any atom is -0.368 e. The summed E-state index contributed by atoms with van der Waals surface area (Å²) in [6, 6.07) is 0. The lowest BCUT2D eigenvalue weighted by atomic mass is 9.95. The zero-order valence-electron chi connectivity index (χ0n) is 14.8. The molecule has 0 unspecified atom stereocenters. The van der Waals surface area contributed by atoms with Crippen LogP contribution < -0.4 is 5.32 Å². The Balaban J connectivity index is 1.34. The Morgan fingerprint density at radius 1 is 1.36 bits per heavy atom. The zero-order valence-corrected chi connectivity index (χ0v) is 15.6. The molecule has 1 aromatic rings. The second-order valence-corrected chi connectivity index (χ2v) is 7.80. The third-order valence-corrected chi connectivity index (χ3v) is 6.10. The van der Waals surface area contributed by atoms with Gasteiger partial charge in [0, 0.05) is 37.0 Å². The van der Waals surface area contributed by atoms with Crippen LogP contribution in [0.5, 0.6) is 0 Å². The van der Waals surface area contributed by atoms with Crippen molar-refractivity contribution in [1.29, 1.82) is 0 Å². The molecule has 2 aliphatic heterocycles. The first kappa shape index (κ1) is 18.3. The molecule has 1 N–H and O–H groups in total. The van der Waals surface area contributed by atoms with Gasteiger partial charge in [0.1, 0.15) is 6.10 Å². The Hall–Kier alpha value is -1.47. The maximum atomic E-state index is 12.3. The predicted octanol–water partition coefficient (Wildman–Crippen LogP) is 1.92. The Morgan fingerprint density at radius 2 is 2.16 bits per heavy atom. The summed E-state index contributed by atoms with van der Waals surface area (Å²) in [5.41, 5.74) is 2.97. The first-order valence-electron chi connectivity index (χ1n) is 9.22. The van der Waals surface area contributed by atoms with Crippen LogP contribution in [0.2, 0.25) is 0 Å². The zero-order chi connectivity index (χ0) is 17.6. The maximum absolute atomic E-state index is 12.3. The average molecular weight is 365 g/mol. The third-order valence-electron chi connectivity index (χ3n) is 5.11. The highest BCUT2D eigenvalue weighted by molar-refractivity contribution is 7.09. The van der Waals surface area contributed by atoms with Gasteiger partial charge in [0.05, 0.1) is 11.2 Å². The van der Waals surface area contributed by atoms with Crippen LogP contribution in [0.3, 0.4) is 0 Å². The third kappa shape index (κ3) is 4.79. The summed E-state index contributed by atoms with van der Waals surface area (Å²) in [6.45, 7) is 4.74. The summed E-state index contributed by atoms with van der Waals surface area (Å²) in [7, 11) is 0. The van der Waals surface area contributed by atoms with E-state index < -0.39 is 0 Å². The molecular weight excluding hydrogens is 338 g/mol. The summed E-state index contributed by atoms with van der Waals surface area (Å²) in [5, 5.41) is 3.05. The summed E-state index contributed by atoms with van der Waals surface area (Å²) in [6.07, 6.45) is 4.95. The normalized spacial score (nSPS) is 21.5. The number of amides is 2. The molecule has 138 valence electrons. The number of carbonyl (C=O) groups is 2. The van der Waals surface area contributed by atoms with Gasteiger partial charge in [0.2, 0.25) is 5.91 Å². The van der Waals surface area contributed by atoms with E-state index >= 15 is 0 Å². The summed E-state index contributed by atoms with van der Waals surface area (Å²) in [4.78, 5) is 32.0. The first-order valence-corrected chi connectivity index (χ1v) is 10.1. The SMILES string of the molecule is Cc1ncsc1CCCNC(=O)C1CCN(C(=O)[C@@H]2CCCO2)CC1. The number of likely N-dealkylation sites (tertiary alicyclic amines) is 1. The van der Waals surface area contributed by atoms with Crippen molar-refractivity contribution in [3.63, 3.8) is 0 Å². The molecule has 2 saturated heterocycles. The molecule has 3 rings (SSSR count). The van der Waals surface area contributed by atoms with Crippen molar-refractivity contribution in [2.45, 2.75) is 51.6 Å². The van der Waals surface area contributed by atoms with E-state index in [0.29, 0.717) is 26.2 Å². The van der Waals surface area contributed by atoms with E-state index in [0.717, 1.165) is 44.2 Å². The van der Waals surface area contributed by atoms with Crippen LogP contribution in [0.1, 0.15) is 42.7 Å². The molecular formula is C18H27N3O3S. The molecule has 0 radical (unpaired) electrons. The van der Waals surface area contributed by atoms with Gasteiger partial charge in [-0.05, 0) is 45.4 Å². The van der Waals surface area contributed by atoms with Gasteiger partial charge in [-0.1, -0.05) is 0 Å². The minimum absolute atomic E-state index is 0.0266. The summed E-state index contributed by atoms with van der Waals surface area (Å²) < 4.78 is 5.47. The number of aryl methyl sites for hydroxylation is 2. The number of ether oxygens (including phenoxy) is 1. The van der Waals surface area contributed by atoms with Crippen LogP contribution in [0, 0.1) is 12.8 Å². The lowest BCUT2D eigenvalue weighted by Gasteiger charge is -2.32. The largest absolute Gasteiger partial charge is 0.368 e. The van der Waals surface area contributed by atoms with E-state index in [1.807, 2.05) is 17.3 Å². The maximum Gasteiger partial charge on any atom is 0.251 e. The lowest BCUT2D eigenvalue weighted by molar-refractivity contribution is -0.143. The Kier molecular flexibility index (Phi) is 6.42. The molecule has 7 heteroatoms. The van der Waals surface area contributed by atoms with Crippen molar-refractivity contribution in [3.05, 3.63) is 16.1 Å². The monoisotopic (exact) mass is 365 g/mol. The molecule has 25 heavy (non-hydrogen) atoms. The quantitative estimate of drug-likeness (QED) is 0.782. The molecule has 2 aliphatic rings. The topological polar surface area (TPSA) is 71.5 Å². The lowest BCUT2D eigenvalue weighted by Crippen LogP contribution is -2.46. The fourth-order valence-corrected chi connectivity index (χ4v) is 4.33. The van der Waals surface area contributed by atoms with E-state index in [2.05, 4.69) is 10.3 Å². The predicted molar refractivity (Wildman–Crippen MR) is 96.5 cm³/mol. The van der Waals surface area contributed by atoms with E-state index in [1.54, 1.807) is 11.3 Å². The van der Waals surface area contributed by atoms with Gasteiger partial charge < -0.3 is 15.0 Å². The van der Waals surface area contributed by atoms with Gasteiger partial charge in [0.25, 0.3) is 5.91 Å². The molecule has 3 heterocycles. The highest BCUT2D eigenvalue weighted by atomic mass is 32.1. The Bertz CT molecular complexity index is 590. The number of piperidine rings is 1. The van der Waals surface area contributed by atoms with E-state index in [1.165, 1.54) is 4.88 Å². The van der Waals surface area contributed by atoms with Gasteiger partial charge in [-0.25, -0.2) is 4.98 Å². The van der Waals surface area contributed by atoms with Gasteiger partial charge in [-0.3, -0.25) is 9.59 Å². The summed E-state index contributed by atoms with van der Waals surface area (Å²) >= 11 is 1.68. The molecule has 2 amide bonds. The number of carbonyl (C=O) groups excluding carboxylic acids is 2. The van der Waals surface area contributed by atoms with Gasteiger partial charge in [-0.2, -0.15) is 0 Å². The fraction of sp³-hybridized carbons (Fsp3) is 0.722. The van der Waals surface area contributed by atoms with Gasteiger partial charge >= 0.3 is 0 Å². The van der Waals surface area contributed by atoms with Crippen molar-refractivity contribution in [2.24, 2.45) is 5.92 Å². The van der Waals surface area contributed by atoms with Crippen molar-refractivity contribution >= 4 is 23.2 Å². The second-order valence-electron chi connectivity index (χ2n) is 6.86. The minimum atomic E-state index is -0.249. The van der Waals surface area contributed by atoms with Crippen LogP contribution in [0.15, 0.2) is 5.51 Å². The number of nitrogens with one attached hydrogen (secondary N) is 1. The van der Waals surface area contributed by atoms with Crippen molar-refractivity contribution in [2.75, 3.05) is 26.2 Å². The number of thiazole rings is 1. The molecule has 6 nitrogen and oxygen atoms in total. The van der Waals surface area contributed by atoms with Gasteiger partial charge in [-0.15, -0.1) is 11.3 Å². The smallest absolute Gasteiger partial charge is 0.251 e. The number of nitrogens with zero attached hydrogens (tertiary/aromatic N) is 2. The van der Waals surface area contributed by atoms with Crippen molar-refractivity contribution < 1.29 is 14.3 Å². The molecule has 1 aromatic heterocycles. The van der Waals surface area contributed by atoms with Crippen LogP contribution in [-0.4, -0.2) is 54.0 Å². The van der Waals surface area contributed by atoms with Crippen LogP contribution >= 0.6 is 11.3 Å². The van der Waals surface area contributed by atoms with E-state index in [-0.39, 0.29) is 23.8 Å². The molecule has 0 bridgehead atoms. The number of rotatable bonds is 6. The number of hydrogen-bond donors (Lipinski definition) is 1. The van der Waals surface area contributed by atoms with Crippen molar-refractivity contribution in [1.82, 2.24) is 15.2 Å². The Labute approximate surface area is 153 Å². The first-order chi connectivity index (χ1) is 12.1. The molecule has 0 aliphatic carbocycles. The molecule has 2 fully saturated rings. The Morgan fingerprint density at radius 3 is 2.80 bits per heavy atom. The second kappa shape index (κ2) is 8.76. The molecule has 1 atom stereocenters. The van der Waals surface area contributed by atoms with Gasteiger partial charge in [0.15, 0.2) is 0 Å².